The summed E-state index contributed by atoms with van der Waals surface area (Å²) in [4.78, 5) is 4.39. The van der Waals surface area contributed by atoms with Crippen molar-refractivity contribution >= 4 is 12.1 Å². The summed E-state index contributed by atoms with van der Waals surface area (Å²) >= 11 is 0. The van der Waals surface area contributed by atoms with Crippen molar-refractivity contribution in [2.45, 2.75) is 26.3 Å². The molecule has 2 nitrogen and oxygen atoms in total. The molecule has 1 rings (SSSR count). The first-order chi connectivity index (χ1) is 4.01. The molecule has 50 valence electrons. The number of hydrogen-bond acceptors (Lipinski definition) is 1. The van der Waals surface area contributed by atoms with Gasteiger partial charge < -0.3 is 0 Å². The van der Waals surface area contributed by atoms with E-state index in [2.05, 4.69) is 29.6 Å². The highest BCUT2D eigenvalue weighted by molar-refractivity contribution is 5.85. The van der Waals surface area contributed by atoms with Gasteiger partial charge in [-0.2, -0.15) is 0 Å². The molecule has 0 aromatic rings. The molecule has 0 saturated heterocycles. The van der Waals surface area contributed by atoms with E-state index in [0.29, 0.717) is 0 Å². The average Bonchev–Trinajstić information content (AvgIpc) is 1.79. The molecule has 0 aromatic heterocycles. The van der Waals surface area contributed by atoms with Crippen molar-refractivity contribution in [2.24, 2.45) is 4.99 Å². The van der Waals surface area contributed by atoms with Crippen molar-refractivity contribution in [1.82, 2.24) is 0 Å². The predicted octanol–water partition coefficient (Wildman–Crippen LogP) is 0.910. The van der Waals surface area contributed by atoms with E-state index in [1.54, 1.807) is 0 Å². The highest BCUT2D eigenvalue weighted by atomic mass is 15.1. The second-order valence-electron chi connectivity index (χ2n) is 3.05. The van der Waals surface area contributed by atoms with Gasteiger partial charge >= 0.3 is 0 Å². The standard InChI is InChI=1S/C7H13N2/c1-6-8-7(2,3)5-9(6)4/h5H,1-4H3/q+1. The summed E-state index contributed by atoms with van der Waals surface area (Å²) in [5, 5.41) is 0. The van der Waals surface area contributed by atoms with Gasteiger partial charge in [0.1, 0.15) is 6.21 Å². The Balaban J connectivity index is 2.96. The van der Waals surface area contributed by atoms with Crippen LogP contribution in [0.15, 0.2) is 4.99 Å². The Morgan fingerprint density at radius 2 is 2.11 bits per heavy atom. The Morgan fingerprint density at radius 1 is 1.56 bits per heavy atom. The molecule has 0 aromatic carbocycles. The van der Waals surface area contributed by atoms with Crippen LogP contribution in [0.25, 0.3) is 0 Å². The summed E-state index contributed by atoms with van der Waals surface area (Å²) in [5.41, 5.74) is 0.0266. The lowest BCUT2D eigenvalue weighted by Gasteiger charge is -1.96. The molecule has 0 N–H and O–H groups in total. The molecule has 9 heavy (non-hydrogen) atoms. The van der Waals surface area contributed by atoms with Crippen molar-refractivity contribution in [2.75, 3.05) is 7.05 Å². The summed E-state index contributed by atoms with van der Waals surface area (Å²) < 4.78 is 2.06. The summed E-state index contributed by atoms with van der Waals surface area (Å²) in [5.74, 6) is 1.10. The van der Waals surface area contributed by atoms with Crippen molar-refractivity contribution in [3.63, 3.8) is 0 Å². The van der Waals surface area contributed by atoms with Gasteiger partial charge in [0, 0.05) is 6.92 Å². The second kappa shape index (κ2) is 1.66. The van der Waals surface area contributed by atoms with Crippen LogP contribution in [0.2, 0.25) is 0 Å². The van der Waals surface area contributed by atoms with E-state index < -0.39 is 0 Å². The Hall–Kier alpha value is -0.660. The van der Waals surface area contributed by atoms with Gasteiger partial charge in [-0.25, -0.2) is 4.58 Å². The van der Waals surface area contributed by atoms with E-state index >= 15 is 0 Å². The third kappa shape index (κ3) is 1.18. The van der Waals surface area contributed by atoms with Crippen LogP contribution in [0.3, 0.4) is 0 Å². The van der Waals surface area contributed by atoms with Crippen LogP contribution < -0.4 is 0 Å². The van der Waals surface area contributed by atoms with Crippen LogP contribution in [-0.2, 0) is 0 Å². The average molecular weight is 125 g/mol. The lowest BCUT2D eigenvalue weighted by atomic mass is 10.1. The van der Waals surface area contributed by atoms with E-state index in [1.165, 1.54) is 0 Å². The van der Waals surface area contributed by atoms with E-state index in [4.69, 9.17) is 0 Å². The first-order valence-electron chi connectivity index (χ1n) is 3.16. The zero-order valence-electron chi connectivity index (χ0n) is 6.47. The van der Waals surface area contributed by atoms with Crippen molar-refractivity contribution in [1.29, 1.82) is 0 Å². The maximum atomic E-state index is 4.39. The normalized spacial score (nSPS) is 23.6. The lowest BCUT2D eigenvalue weighted by Crippen LogP contribution is -2.17. The first-order valence-corrected chi connectivity index (χ1v) is 3.16. The number of amidine groups is 1. The zero-order chi connectivity index (χ0) is 7.07. The topological polar surface area (TPSA) is 15.4 Å². The third-order valence-electron chi connectivity index (χ3n) is 1.47. The molecule has 1 heterocycles. The fourth-order valence-electron chi connectivity index (χ4n) is 1.09. The van der Waals surface area contributed by atoms with Crippen LogP contribution in [0.1, 0.15) is 20.8 Å². The monoisotopic (exact) mass is 125 g/mol. The molecule has 0 radical (unpaired) electrons. The van der Waals surface area contributed by atoms with Gasteiger partial charge in [-0.1, -0.05) is 4.99 Å². The van der Waals surface area contributed by atoms with Gasteiger partial charge in [-0.05, 0) is 13.8 Å². The van der Waals surface area contributed by atoms with Gasteiger partial charge in [-0.15, -0.1) is 0 Å². The van der Waals surface area contributed by atoms with Crippen LogP contribution >= 0.6 is 0 Å². The lowest BCUT2D eigenvalue weighted by molar-refractivity contribution is -0.363. The molecule has 0 saturated carbocycles. The third-order valence-corrected chi connectivity index (χ3v) is 1.47. The minimum atomic E-state index is 0.0266. The quantitative estimate of drug-likeness (QED) is 0.428. The molecule has 0 aliphatic carbocycles. The maximum Gasteiger partial charge on any atom is 0.290 e. The van der Waals surface area contributed by atoms with Crippen LogP contribution in [0.5, 0.6) is 0 Å². The Bertz CT molecular complexity index is 167. The van der Waals surface area contributed by atoms with Gasteiger partial charge in [0.25, 0.3) is 5.84 Å². The molecule has 0 amide bonds. The Morgan fingerprint density at radius 3 is 2.22 bits per heavy atom. The second-order valence-corrected chi connectivity index (χ2v) is 3.05. The molecule has 0 spiro atoms. The Labute approximate surface area is 55.9 Å². The van der Waals surface area contributed by atoms with Crippen LogP contribution in [-0.4, -0.2) is 29.2 Å². The van der Waals surface area contributed by atoms with Gasteiger partial charge in [0.2, 0.25) is 0 Å². The van der Waals surface area contributed by atoms with E-state index in [9.17, 15) is 0 Å². The number of nitrogens with zero attached hydrogens (tertiary/aromatic N) is 2. The number of hydrogen-bond donors (Lipinski definition) is 0. The number of aliphatic imine (C=N–C) groups is 1. The molecule has 0 bridgehead atoms. The highest BCUT2D eigenvalue weighted by Crippen LogP contribution is 2.10. The fourth-order valence-corrected chi connectivity index (χ4v) is 1.09. The molecular formula is C7H13N2+. The zero-order valence-corrected chi connectivity index (χ0v) is 6.47. The minimum Gasteiger partial charge on any atom is -0.237 e. The minimum absolute atomic E-state index is 0.0266. The highest BCUT2D eigenvalue weighted by Gasteiger charge is 2.29. The fraction of sp³-hybridized carbons (Fsp3) is 0.714. The van der Waals surface area contributed by atoms with E-state index in [1.807, 2.05) is 14.0 Å². The largest absolute Gasteiger partial charge is 0.290 e. The predicted molar refractivity (Wildman–Crippen MR) is 39.4 cm³/mol. The van der Waals surface area contributed by atoms with Crippen molar-refractivity contribution in [3.05, 3.63) is 0 Å². The summed E-state index contributed by atoms with van der Waals surface area (Å²) in [6.45, 7) is 6.21. The molecule has 1 aliphatic rings. The Kier molecular flexibility index (Phi) is 1.19. The SMILES string of the molecule is CC1=NC(C)(C)C=[N+]1C. The molecule has 0 unspecified atom stereocenters. The van der Waals surface area contributed by atoms with Crippen molar-refractivity contribution in [3.8, 4) is 0 Å². The van der Waals surface area contributed by atoms with E-state index in [0.717, 1.165) is 5.84 Å². The van der Waals surface area contributed by atoms with Crippen LogP contribution in [0, 0.1) is 0 Å². The van der Waals surface area contributed by atoms with E-state index in [-0.39, 0.29) is 5.54 Å². The molecule has 2 heteroatoms. The van der Waals surface area contributed by atoms with Gasteiger partial charge in [0.15, 0.2) is 5.54 Å². The summed E-state index contributed by atoms with van der Waals surface area (Å²) in [7, 11) is 2.02. The summed E-state index contributed by atoms with van der Waals surface area (Å²) in [6.07, 6.45) is 2.11. The van der Waals surface area contributed by atoms with Crippen LogP contribution in [0.4, 0.5) is 0 Å². The van der Waals surface area contributed by atoms with Gasteiger partial charge in [-0.3, -0.25) is 0 Å². The van der Waals surface area contributed by atoms with Gasteiger partial charge in [0.05, 0.1) is 7.05 Å². The molecular weight excluding hydrogens is 112 g/mol. The number of rotatable bonds is 0. The maximum absolute atomic E-state index is 4.39. The summed E-state index contributed by atoms with van der Waals surface area (Å²) in [6, 6.07) is 0. The smallest absolute Gasteiger partial charge is 0.237 e. The first kappa shape index (κ1) is 6.46. The molecule has 1 aliphatic heterocycles. The molecule has 0 fully saturated rings. The molecule has 0 atom stereocenters. The van der Waals surface area contributed by atoms with Crippen molar-refractivity contribution < 1.29 is 4.58 Å².